The lowest BCUT2D eigenvalue weighted by molar-refractivity contribution is -0.118. The topological polar surface area (TPSA) is 84.6 Å². The highest BCUT2D eigenvalue weighted by atomic mass is 16.5. The maximum Gasteiger partial charge on any atom is 0.217 e. The maximum atomic E-state index is 10.5. The normalized spacial score (nSPS) is 18.4. The molecule has 100 valence electrons. The van der Waals surface area contributed by atoms with Gasteiger partial charge in [0.25, 0.3) is 0 Å². The first-order valence-corrected chi connectivity index (χ1v) is 6.47. The predicted octanol–water partition coefficient (Wildman–Crippen LogP) is 0.162. The second-order valence-corrected chi connectivity index (χ2v) is 4.67. The summed E-state index contributed by atoms with van der Waals surface area (Å²) in [6.45, 7) is 1.60. The number of carbonyl (C=O) groups excluding carboxylic acids is 1. The van der Waals surface area contributed by atoms with Crippen LogP contribution in [0.4, 0.5) is 0 Å². The Morgan fingerprint density at radius 2 is 2.18 bits per heavy atom. The van der Waals surface area contributed by atoms with Crippen LogP contribution in [0.3, 0.4) is 0 Å². The first kappa shape index (κ1) is 14.4. The van der Waals surface area contributed by atoms with E-state index in [0.717, 1.165) is 12.8 Å². The van der Waals surface area contributed by atoms with Crippen molar-refractivity contribution >= 4 is 5.91 Å². The molecular weight excluding hydrogens is 220 g/mol. The first-order chi connectivity index (χ1) is 8.18. The smallest absolute Gasteiger partial charge is 0.217 e. The van der Waals surface area contributed by atoms with Crippen molar-refractivity contribution in [3.05, 3.63) is 0 Å². The van der Waals surface area contributed by atoms with Gasteiger partial charge in [-0.15, -0.1) is 0 Å². The summed E-state index contributed by atoms with van der Waals surface area (Å²) in [5.41, 5.74) is 5.02. The number of hydrogen-bond acceptors (Lipinski definition) is 4. The predicted molar refractivity (Wildman–Crippen MR) is 65.5 cm³/mol. The van der Waals surface area contributed by atoms with Gasteiger partial charge in [0.15, 0.2) is 0 Å². The number of aliphatic hydroxyl groups is 1. The minimum atomic E-state index is -0.468. The molecule has 1 saturated carbocycles. The zero-order chi connectivity index (χ0) is 12.5. The van der Waals surface area contributed by atoms with Gasteiger partial charge in [0, 0.05) is 13.0 Å². The minimum Gasteiger partial charge on any atom is -0.389 e. The van der Waals surface area contributed by atoms with Crippen molar-refractivity contribution in [1.29, 1.82) is 0 Å². The van der Waals surface area contributed by atoms with E-state index in [1.165, 1.54) is 12.8 Å². The molecule has 0 aromatic rings. The molecule has 1 amide bonds. The molecule has 0 aromatic heterocycles. The maximum absolute atomic E-state index is 10.5. The summed E-state index contributed by atoms with van der Waals surface area (Å²) in [5.74, 6) is -0.281. The molecule has 17 heavy (non-hydrogen) atoms. The van der Waals surface area contributed by atoms with Crippen LogP contribution in [0.15, 0.2) is 0 Å². The monoisotopic (exact) mass is 244 g/mol. The van der Waals surface area contributed by atoms with Gasteiger partial charge in [-0.1, -0.05) is 12.8 Å². The standard InChI is InChI=1S/C12H24N2O3/c13-12(16)6-3-7-14-8-10(15)9-17-11-4-1-2-5-11/h10-11,14-15H,1-9H2,(H2,13,16). The van der Waals surface area contributed by atoms with Crippen LogP contribution in [0.5, 0.6) is 0 Å². The molecule has 0 bridgehead atoms. The Morgan fingerprint density at radius 1 is 1.47 bits per heavy atom. The highest BCUT2D eigenvalue weighted by molar-refractivity contribution is 5.73. The Hall–Kier alpha value is -0.650. The van der Waals surface area contributed by atoms with Crippen LogP contribution in [0.25, 0.3) is 0 Å². The summed E-state index contributed by atoms with van der Waals surface area (Å²) in [6.07, 6.45) is 5.71. The van der Waals surface area contributed by atoms with Crippen molar-refractivity contribution in [2.24, 2.45) is 5.73 Å². The summed E-state index contributed by atoms with van der Waals surface area (Å²) in [7, 11) is 0. The molecule has 5 heteroatoms. The van der Waals surface area contributed by atoms with E-state index in [1.54, 1.807) is 0 Å². The highest BCUT2D eigenvalue weighted by Crippen LogP contribution is 2.20. The second-order valence-electron chi connectivity index (χ2n) is 4.67. The fourth-order valence-electron chi connectivity index (χ4n) is 2.02. The molecule has 1 aliphatic rings. The highest BCUT2D eigenvalue weighted by Gasteiger charge is 2.16. The van der Waals surface area contributed by atoms with Crippen molar-refractivity contribution in [3.63, 3.8) is 0 Å². The molecule has 1 fully saturated rings. The molecule has 0 saturated heterocycles. The molecule has 0 spiro atoms. The zero-order valence-electron chi connectivity index (χ0n) is 10.4. The van der Waals surface area contributed by atoms with Gasteiger partial charge in [-0.05, 0) is 25.8 Å². The molecule has 0 aliphatic heterocycles. The summed E-state index contributed by atoms with van der Waals surface area (Å²) in [4.78, 5) is 10.5. The third-order valence-corrected chi connectivity index (χ3v) is 2.98. The average molecular weight is 244 g/mol. The molecular formula is C12H24N2O3. The number of amides is 1. The first-order valence-electron chi connectivity index (χ1n) is 6.47. The van der Waals surface area contributed by atoms with E-state index < -0.39 is 6.10 Å². The molecule has 1 aliphatic carbocycles. The van der Waals surface area contributed by atoms with Crippen molar-refractivity contribution in [2.75, 3.05) is 19.7 Å². The van der Waals surface area contributed by atoms with Crippen LogP contribution in [0.1, 0.15) is 38.5 Å². The zero-order valence-corrected chi connectivity index (χ0v) is 10.4. The number of nitrogens with two attached hydrogens (primary N) is 1. The van der Waals surface area contributed by atoms with Gasteiger partial charge in [0.05, 0.1) is 18.8 Å². The summed E-state index contributed by atoms with van der Waals surface area (Å²) in [5, 5.41) is 12.7. The number of aliphatic hydroxyl groups excluding tert-OH is 1. The van der Waals surface area contributed by atoms with Crippen molar-refractivity contribution in [1.82, 2.24) is 5.32 Å². The van der Waals surface area contributed by atoms with Crippen molar-refractivity contribution < 1.29 is 14.6 Å². The fourth-order valence-corrected chi connectivity index (χ4v) is 2.02. The van der Waals surface area contributed by atoms with Gasteiger partial charge in [0.2, 0.25) is 5.91 Å². The lowest BCUT2D eigenvalue weighted by Crippen LogP contribution is -2.32. The molecule has 1 atom stereocenters. The van der Waals surface area contributed by atoms with Crippen LogP contribution < -0.4 is 11.1 Å². The lowest BCUT2D eigenvalue weighted by atomic mass is 10.3. The van der Waals surface area contributed by atoms with E-state index in [-0.39, 0.29) is 5.91 Å². The van der Waals surface area contributed by atoms with Crippen LogP contribution in [0.2, 0.25) is 0 Å². The Bertz CT molecular complexity index is 218. The third kappa shape index (κ3) is 7.31. The number of nitrogens with one attached hydrogen (secondary N) is 1. The van der Waals surface area contributed by atoms with E-state index in [2.05, 4.69) is 5.32 Å². The second kappa shape index (κ2) is 8.44. The summed E-state index contributed by atoms with van der Waals surface area (Å²) in [6, 6.07) is 0. The molecule has 0 aromatic carbocycles. The minimum absolute atomic E-state index is 0.281. The fraction of sp³-hybridized carbons (Fsp3) is 0.917. The van der Waals surface area contributed by atoms with Crippen LogP contribution in [-0.2, 0) is 9.53 Å². The van der Waals surface area contributed by atoms with Crippen molar-refractivity contribution in [2.45, 2.75) is 50.7 Å². The molecule has 1 rings (SSSR count). The van der Waals surface area contributed by atoms with E-state index in [1.807, 2.05) is 0 Å². The Kier molecular flexibility index (Phi) is 7.16. The van der Waals surface area contributed by atoms with Crippen LogP contribution in [0, 0.1) is 0 Å². The average Bonchev–Trinajstić information content (AvgIpc) is 2.78. The van der Waals surface area contributed by atoms with Gasteiger partial charge < -0.3 is 20.9 Å². The van der Waals surface area contributed by atoms with Crippen LogP contribution in [-0.4, -0.2) is 42.9 Å². The summed E-state index contributed by atoms with van der Waals surface area (Å²) < 4.78 is 5.60. The number of rotatable bonds is 9. The number of primary amides is 1. The molecule has 4 N–H and O–H groups in total. The number of ether oxygens (including phenoxy) is 1. The Morgan fingerprint density at radius 3 is 2.82 bits per heavy atom. The van der Waals surface area contributed by atoms with E-state index in [4.69, 9.17) is 10.5 Å². The van der Waals surface area contributed by atoms with Gasteiger partial charge in [-0.3, -0.25) is 4.79 Å². The van der Waals surface area contributed by atoms with Gasteiger partial charge in [0.1, 0.15) is 0 Å². The molecule has 1 unspecified atom stereocenters. The number of hydrogen-bond donors (Lipinski definition) is 3. The van der Waals surface area contributed by atoms with E-state index in [9.17, 15) is 9.90 Å². The van der Waals surface area contributed by atoms with Crippen molar-refractivity contribution in [3.8, 4) is 0 Å². The Labute approximate surface area is 103 Å². The van der Waals surface area contributed by atoms with Gasteiger partial charge in [-0.25, -0.2) is 0 Å². The Balaban J connectivity index is 1.90. The largest absolute Gasteiger partial charge is 0.389 e. The van der Waals surface area contributed by atoms with E-state index >= 15 is 0 Å². The van der Waals surface area contributed by atoms with E-state index in [0.29, 0.717) is 38.6 Å². The van der Waals surface area contributed by atoms with Gasteiger partial charge in [-0.2, -0.15) is 0 Å². The quantitative estimate of drug-likeness (QED) is 0.504. The number of carbonyl (C=O) groups is 1. The van der Waals surface area contributed by atoms with Crippen LogP contribution >= 0.6 is 0 Å². The SMILES string of the molecule is NC(=O)CCCNCC(O)COC1CCCC1. The summed E-state index contributed by atoms with van der Waals surface area (Å²) >= 11 is 0. The molecule has 5 nitrogen and oxygen atoms in total. The molecule has 0 radical (unpaired) electrons. The third-order valence-electron chi connectivity index (χ3n) is 2.98. The lowest BCUT2D eigenvalue weighted by Gasteiger charge is -2.15. The van der Waals surface area contributed by atoms with Gasteiger partial charge >= 0.3 is 0 Å². The molecule has 0 heterocycles.